The number of benzene rings is 1. The van der Waals surface area contributed by atoms with Gasteiger partial charge >= 0.3 is 0 Å². The van der Waals surface area contributed by atoms with Crippen molar-refractivity contribution in [2.24, 2.45) is 0 Å². The van der Waals surface area contributed by atoms with Crippen molar-refractivity contribution in [3.05, 3.63) is 41.4 Å². The predicted molar refractivity (Wildman–Crippen MR) is 77.1 cm³/mol. The molecule has 6 nitrogen and oxygen atoms in total. The molecule has 0 aliphatic carbocycles. The number of aliphatic hydroxyl groups excluding tert-OH is 1. The number of rotatable bonds is 4. The summed E-state index contributed by atoms with van der Waals surface area (Å²) < 4.78 is 28.0. The molecule has 0 unspecified atom stereocenters. The maximum absolute atomic E-state index is 12.2. The summed E-state index contributed by atoms with van der Waals surface area (Å²) in [5.41, 5.74) is 0.698. The molecule has 2 aromatic heterocycles. The third-order valence-corrected chi connectivity index (χ3v) is 5.12. The number of hydrogen-bond acceptors (Lipinski definition) is 5. The highest BCUT2D eigenvalue weighted by Crippen LogP contribution is 2.25. The maximum Gasteiger partial charge on any atom is 0.279 e. The molecule has 20 heavy (non-hydrogen) atoms. The van der Waals surface area contributed by atoms with Crippen molar-refractivity contribution in [2.45, 2.75) is 11.6 Å². The van der Waals surface area contributed by atoms with Crippen LogP contribution in [0.3, 0.4) is 0 Å². The van der Waals surface area contributed by atoms with Crippen LogP contribution in [0.1, 0.15) is 5.56 Å². The molecule has 3 N–H and O–H groups in total. The van der Waals surface area contributed by atoms with Gasteiger partial charge in [-0.05, 0) is 35.0 Å². The molecule has 0 radical (unpaired) electrons. The van der Waals surface area contributed by atoms with Gasteiger partial charge in [0.1, 0.15) is 0 Å². The Morgan fingerprint density at radius 1 is 1.35 bits per heavy atom. The van der Waals surface area contributed by atoms with Crippen LogP contribution in [0.2, 0.25) is 0 Å². The Balaban J connectivity index is 1.96. The van der Waals surface area contributed by atoms with Crippen LogP contribution in [0.25, 0.3) is 10.1 Å². The van der Waals surface area contributed by atoms with Crippen molar-refractivity contribution in [3.8, 4) is 0 Å². The number of anilines is 1. The van der Waals surface area contributed by atoms with Crippen LogP contribution in [0.15, 0.2) is 40.9 Å². The van der Waals surface area contributed by atoms with Gasteiger partial charge in [-0.2, -0.15) is 13.5 Å². The van der Waals surface area contributed by atoms with E-state index in [0.717, 1.165) is 10.1 Å². The first-order valence-corrected chi connectivity index (χ1v) is 8.09. The summed E-state index contributed by atoms with van der Waals surface area (Å²) in [5, 5.41) is 17.9. The molecule has 1 aromatic carbocycles. The minimum atomic E-state index is -3.79. The Morgan fingerprint density at radius 2 is 2.20 bits per heavy atom. The second-order valence-corrected chi connectivity index (χ2v) is 6.73. The van der Waals surface area contributed by atoms with Crippen molar-refractivity contribution >= 4 is 37.1 Å². The Kier molecular flexibility index (Phi) is 3.20. The molecular weight excluding hydrogens is 298 g/mol. The lowest BCUT2D eigenvalue weighted by molar-refractivity contribution is 0.278. The summed E-state index contributed by atoms with van der Waals surface area (Å²) in [4.78, 5) is 0. The Morgan fingerprint density at radius 3 is 3.00 bits per heavy atom. The summed E-state index contributed by atoms with van der Waals surface area (Å²) in [6, 6.07) is 7.24. The van der Waals surface area contributed by atoms with Gasteiger partial charge in [0.15, 0.2) is 5.03 Å². The minimum absolute atomic E-state index is 0.120. The summed E-state index contributed by atoms with van der Waals surface area (Å²) in [6.45, 7) is -0.393. The summed E-state index contributed by atoms with van der Waals surface area (Å²) >= 11 is 1.59. The number of fused-ring (bicyclic) bond motifs is 1. The molecule has 3 aromatic rings. The molecule has 0 saturated carbocycles. The van der Waals surface area contributed by atoms with Gasteiger partial charge in [-0.25, -0.2) is 0 Å². The first-order valence-electron chi connectivity index (χ1n) is 5.73. The van der Waals surface area contributed by atoms with E-state index in [-0.39, 0.29) is 10.6 Å². The number of aromatic nitrogens is 2. The average Bonchev–Trinajstić information content (AvgIpc) is 3.06. The van der Waals surface area contributed by atoms with E-state index in [4.69, 9.17) is 5.11 Å². The van der Waals surface area contributed by atoms with E-state index in [9.17, 15) is 8.42 Å². The lowest BCUT2D eigenvalue weighted by Crippen LogP contribution is -2.15. The summed E-state index contributed by atoms with van der Waals surface area (Å²) in [6.07, 6.45) is 1.29. The normalized spacial score (nSPS) is 11.8. The monoisotopic (exact) mass is 309 g/mol. The largest absolute Gasteiger partial charge is 0.392 e. The number of thiophene rings is 1. The SMILES string of the molecule is O=S(=O)(Nc1ccc2sccc2c1)c1[nH]ncc1CO. The Bertz CT molecular complexity index is 852. The standard InChI is InChI=1S/C12H11N3O3S2/c16-7-9-6-13-14-12(9)20(17,18)15-10-1-2-11-8(5-10)3-4-19-11/h1-6,15-16H,7H2,(H,13,14). The van der Waals surface area contributed by atoms with Crippen LogP contribution in [-0.2, 0) is 16.6 Å². The van der Waals surface area contributed by atoms with E-state index in [1.807, 2.05) is 17.5 Å². The zero-order valence-electron chi connectivity index (χ0n) is 10.2. The molecule has 0 aliphatic heterocycles. The second-order valence-electron chi connectivity index (χ2n) is 4.16. The van der Waals surface area contributed by atoms with E-state index in [1.54, 1.807) is 23.5 Å². The predicted octanol–water partition coefficient (Wildman–Crippen LogP) is 1.92. The van der Waals surface area contributed by atoms with Crippen LogP contribution in [0.4, 0.5) is 5.69 Å². The van der Waals surface area contributed by atoms with Gasteiger partial charge in [0, 0.05) is 16.0 Å². The van der Waals surface area contributed by atoms with Crippen LogP contribution in [-0.4, -0.2) is 23.7 Å². The highest BCUT2D eigenvalue weighted by molar-refractivity contribution is 7.92. The molecule has 0 amide bonds. The number of nitrogens with zero attached hydrogens (tertiary/aromatic N) is 1. The van der Waals surface area contributed by atoms with Gasteiger partial charge in [0.05, 0.1) is 12.8 Å². The highest BCUT2D eigenvalue weighted by atomic mass is 32.2. The zero-order chi connectivity index (χ0) is 14.2. The number of hydrogen-bond donors (Lipinski definition) is 3. The third kappa shape index (κ3) is 2.28. The molecule has 0 atom stereocenters. The van der Waals surface area contributed by atoms with Gasteiger partial charge < -0.3 is 5.11 Å². The molecule has 0 fully saturated rings. The fourth-order valence-corrected chi connectivity index (χ4v) is 3.83. The van der Waals surface area contributed by atoms with Gasteiger partial charge in [-0.15, -0.1) is 11.3 Å². The van der Waals surface area contributed by atoms with Crippen molar-refractivity contribution in [1.82, 2.24) is 10.2 Å². The molecule has 8 heteroatoms. The highest BCUT2D eigenvalue weighted by Gasteiger charge is 2.20. The van der Waals surface area contributed by atoms with Crippen molar-refractivity contribution in [1.29, 1.82) is 0 Å². The van der Waals surface area contributed by atoms with Crippen molar-refractivity contribution < 1.29 is 13.5 Å². The van der Waals surface area contributed by atoms with Crippen LogP contribution >= 0.6 is 11.3 Å². The molecule has 0 saturated heterocycles. The molecule has 0 spiro atoms. The van der Waals surface area contributed by atoms with E-state index in [0.29, 0.717) is 5.69 Å². The first-order chi connectivity index (χ1) is 9.60. The number of H-pyrrole nitrogens is 1. The average molecular weight is 309 g/mol. The van der Waals surface area contributed by atoms with Crippen molar-refractivity contribution in [2.75, 3.05) is 4.72 Å². The first kappa shape index (κ1) is 13.1. The van der Waals surface area contributed by atoms with E-state index in [1.165, 1.54) is 6.20 Å². The van der Waals surface area contributed by atoms with Gasteiger partial charge in [0.25, 0.3) is 10.0 Å². The second kappa shape index (κ2) is 4.89. The molecule has 0 aliphatic rings. The zero-order valence-corrected chi connectivity index (χ0v) is 11.8. The summed E-state index contributed by atoms with van der Waals surface area (Å²) in [5.74, 6) is 0. The number of aliphatic hydroxyl groups is 1. The van der Waals surface area contributed by atoms with Crippen molar-refractivity contribution in [3.63, 3.8) is 0 Å². The third-order valence-electron chi connectivity index (χ3n) is 2.82. The number of aromatic amines is 1. The lowest BCUT2D eigenvalue weighted by atomic mass is 10.2. The van der Waals surface area contributed by atoms with Crippen LogP contribution in [0.5, 0.6) is 0 Å². The van der Waals surface area contributed by atoms with Crippen LogP contribution < -0.4 is 4.72 Å². The fourth-order valence-electron chi connectivity index (χ4n) is 1.88. The molecule has 104 valence electrons. The Labute approximate surface area is 119 Å². The topological polar surface area (TPSA) is 95.1 Å². The number of nitrogens with one attached hydrogen (secondary N) is 2. The summed E-state index contributed by atoms with van der Waals surface area (Å²) in [7, 11) is -3.79. The van der Waals surface area contributed by atoms with E-state index in [2.05, 4.69) is 14.9 Å². The smallest absolute Gasteiger partial charge is 0.279 e. The lowest BCUT2D eigenvalue weighted by Gasteiger charge is -2.07. The quantitative estimate of drug-likeness (QED) is 0.686. The molecule has 0 bridgehead atoms. The van der Waals surface area contributed by atoms with Gasteiger partial charge in [-0.3, -0.25) is 9.82 Å². The van der Waals surface area contributed by atoms with Crippen LogP contribution in [0, 0.1) is 0 Å². The van der Waals surface area contributed by atoms with E-state index >= 15 is 0 Å². The van der Waals surface area contributed by atoms with Gasteiger partial charge in [0.2, 0.25) is 0 Å². The number of sulfonamides is 1. The molecule has 3 rings (SSSR count). The minimum Gasteiger partial charge on any atom is -0.392 e. The van der Waals surface area contributed by atoms with Gasteiger partial charge in [-0.1, -0.05) is 0 Å². The van der Waals surface area contributed by atoms with E-state index < -0.39 is 16.6 Å². The maximum atomic E-state index is 12.2. The Hall–Kier alpha value is -1.90. The molecular formula is C12H11N3O3S2. The fraction of sp³-hybridized carbons (Fsp3) is 0.0833. The molecule has 2 heterocycles.